The van der Waals surface area contributed by atoms with E-state index in [1.807, 2.05) is 0 Å². The van der Waals surface area contributed by atoms with Crippen molar-refractivity contribution in [1.82, 2.24) is 15.2 Å². The smallest absolute Gasteiger partial charge is 0.352 e. The molecule has 0 aromatic carbocycles. The van der Waals surface area contributed by atoms with E-state index in [-0.39, 0.29) is 34.4 Å². The van der Waals surface area contributed by atoms with Gasteiger partial charge in [0, 0.05) is 23.1 Å². The van der Waals surface area contributed by atoms with Crippen LogP contribution in [0.15, 0.2) is 21.8 Å². The number of β-lactam (4-membered cyclic amide) rings is 1. The maximum absolute atomic E-state index is 12.8. The number of hydrogen-bond donors (Lipinski definition) is 3. The maximum Gasteiger partial charge on any atom is 0.352 e. The van der Waals surface area contributed by atoms with E-state index < -0.39 is 41.3 Å². The number of carbonyl (C=O) groups excluding carboxylic acids is 3. The van der Waals surface area contributed by atoms with E-state index in [0.717, 1.165) is 16.2 Å². The first-order valence-electron chi connectivity index (χ1n) is 9.05. The van der Waals surface area contributed by atoms with Crippen LogP contribution >= 0.6 is 23.1 Å². The van der Waals surface area contributed by atoms with E-state index in [2.05, 4.69) is 15.5 Å². The summed E-state index contributed by atoms with van der Waals surface area (Å²) in [5.41, 5.74) is 5.83. The van der Waals surface area contributed by atoms with Crippen molar-refractivity contribution in [3.63, 3.8) is 0 Å². The lowest BCUT2D eigenvalue weighted by atomic mass is 9.99. The highest BCUT2D eigenvalue weighted by atomic mass is 32.2. The van der Waals surface area contributed by atoms with Gasteiger partial charge in [0.25, 0.3) is 11.8 Å². The summed E-state index contributed by atoms with van der Waals surface area (Å²) in [6.07, 6.45) is -0.0969. The van der Waals surface area contributed by atoms with Crippen LogP contribution in [-0.2, 0) is 28.8 Å². The number of thiazole rings is 1. The number of aromatic nitrogens is 1. The zero-order chi connectivity index (χ0) is 22.3. The van der Waals surface area contributed by atoms with Crippen molar-refractivity contribution < 1.29 is 33.9 Å². The lowest BCUT2D eigenvalue weighted by Crippen LogP contribution is -2.71. The predicted octanol–water partition coefficient (Wildman–Crippen LogP) is -0.480. The largest absolute Gasteiger partial charge is 0.477 e. The molecule has 4 heterocycles. The molecule has 3 atom stereocenters. The van der Waals surface area contributed by atoms with E-state index in [1.54, 1.807) is 0 Å². The number of thioether (sulfide) groups is 1. The number of hydrogen-bond acceptors (Lipinski definition) is 11. The molecule has 0 bridgehead atoms. The first-order valence-corrected chi connectivity index (χ1v) is 11.0. The number of carbonyl (C=O) groups is 4. The van der Waals surface area contributed by atoms with Gasteiger partial charge < -0.3 is 25.7 Å². The molecule has 2 fully saturated rings. The van der Waals surface area contributed by atoms with Gasteiger partial charge in [0.2, 0.25) is 0 Å². The minimum Gasteiger partial charge on any atom is -0.477 e. The first-order chi connectivity index (χ1) is 14.8. The van der Waals surface area contributed by atoms with Crippen LogP contribution in [0.5, 0.6) is 0 Å². The molecule has 1 aromatic heterocycles. The molecular weight excluding hydrogens is 450 g/mol. The minimum absolute atomic E-state index is 0.157. The van der Waals surface area contributed by atoms with Crippen molar-refractivity contribution in [2.45, 2.75) is 30.4 Å². The van der Waals surface area contributed by atoms with Gasteiger partial charge >= 0.3 is 11.9 Å². The van der Waals surface area contributed by atoms with Crippen LogP contribution in [0.2, 0.25) is 0 Å². The molecule has 0 saturated carbocycles. The molecular formula is C17H17N5O7S2. The molecule has 0 aliphatic carbocycles. The average Bonchev–Trinajstić information content (AvgIpc) is 3.36. The van der Waals surface area contributed by atoms with Crippen molar-refractivity contribution in [1.29, 1.82) is 0 Å². The molecule has 164 valence electrons. The number of ether oxygens (including phenoxy) is 1. The molecule has 14 heteroatoms. The summed E-state index contributed by atoms with van der Waals surface area (Å²) < 4.78 is 5.20. The van der Waals surface area contributed by atoms with Crippen LogP contribution in [0.4, 0.5) is 5.13 Å². The number of nitrogens with two attached hydrogens (primary N) is 1. The highest BCUT2D eigenvalue weighted by Gasteiger charge is 2.55. The van der Waals surface area contributed by atoms with Crippen LogP contribution in [0, 0.1) is 0 Å². The predicted molar refractivity (Wildman–Crippen MR) is 109 cm³/mol. The monoisotopic (exact) mass is 467 g/mol. The molecule has 4 rings (SSSR count). The Morgan fingerprint density at radius 3 is 2.81 bits per heavy atom. The number of nitrogens with zero attached hydrogens (tertiary/aromatic N) is 3. The zero-order valence-electron chi connectivity index (χ0n) is 16.1. The summed E-state index contributed by atoms with van der Waals surface area (Å²) in [4.78, 5) is 58.7. The zero-order valence-corrected chi connectivity index (χ0v) is 17.7. The fourth-order valence-corrected chi connectivity index (χ4v) is 5.52. The van der Waals surface area contributed by atoms with Crippen molar-refractivity contribution in [2.24, 2.45) is 5.16 Å². The Kier molecular flexibility index (Phi) is 5.58. The van der Waals surface area contributed by atoms with E-state index in [4.69, 9.17) is 15.3 Å². The van der Waals surface area contributed by atoms with Crippen molar-refractivity contribution >= 4 is 57.7 Å². The Balaban J connectivity index is 1.54. The number of esters is 1. The van der Waals surface area contributed by atoms with E-state index in [0.29, 0.717) is 12.0 Å². The number of oxime groups is 1. The molecule has 3 aliphatic heterocycles. The number of fused-ring (bicyclic) bond motifs is 1. The number of carboxylic acids is 1. The second kappa shape index (κ2) is 8.19. The number of aliphatic carboxylic acids is 1. The van der Waals surface area contributed by atoms with Crippen LogP contribution in [0.1, 0.15) is 18.5 Å². The molecule has 0 spiro atoms. The van der Waals surface area contributed by atoms with Crippen LogP contribution in [0.25, 0.3) is 0 Å². The third kappa shape index (κ3) is 3.72. The second-order valence-corrected chi connectivity index (χ2v) is 8.75. The normalized spacial score (nSPS) is 25.6. The number of carboxylic acid groups (broad SMARTS) is 1. The Labute approximate surface area is 183 Å². The molecule has 1 unspecified atom stereocenters. The minimum atomic E-state index is -1.29. The van der Waals surface area contributed by atoms with E-state index >= 15 is 0 Å². The molecule has 12 nitrogen and oxygen atoms in total. The highest BCUT2D eigenvalue weighted by Crippen LogP contribution is 2.42. The molecule has 3 aliphatic rings. The SMILES string of the molecule is CO/N=C(\C(=O)N[C@@H]1C(=O)N2C(C(=O)O)=C(C3CCC(=O)O3)CS[C@H]12)c1csc(N)n1. The quantitative estimate of drug-likeness (QED) is 0.215. The van der Waals surface area contributed by atoms with E-state index in [9.17, 15) is 24.3 Å². The fourth-order valence-electron chi connectivity index (χ4n) is 3.56. The maximum atomic E-state index is 12.8. The third-order valence-corrected chi connectivity index (χ3v) is 6.90. The lowest BCUT2D eigenvalue weighted by molar-refractivity contribution is -0.150. The Morgan fingerprint density at radius 1 is 1.45 bits per heavy atom. The van der Waals surface area contributed by atoms with Gasteiger partial charge in [-0.15, -0.1) is 23.1 Å². The van der Waals surface area contributed by atoms with Crippen LogP contribution < -0.4 is 11.1 Å². The number of nitrogens with one attached hydrogen (secondary N) is 1. The van der Waals surface area contributed by atoms with Gasteiger partial charge in [-0.2, -0.15) is 0 Å². The number of anilines is 1. The second-order valence-electron chi connectivity index (χ2n) is 6.75. The van der Waals surface area contributed by atoms with Gasteiger partial charge in [0.1, 0.15) is 36.0 Å². The molecule has 2 amide bonds. The van der Waals surface area contributed by atoms with Crippen LogP contribution in [0.3, 0.4) is 0 Å². The number of rotatable bonds is 6. The van der Waals surface area contributed by atoms with Gasteiger partial charge in [0.05, 0.1) is 0 Å². The summed E-state index contributed by atoms with van der Waals surface area (Å²) >= 11 is 2.40. The molecule has 31 heavy (non-hydrogen) atoms. The number of cyclic esters (lactones) is 1. The molecule has 0 radical (unpaired) electrons. The Hall–Kier alpha value is -3.13. The third-order valence-electron chi connectivity index (χ3n) is 4.92. The summed E-state index contributed by atoms with van der Waals surface area (Å²) in [6.45, 7) is 0. The van der Waals surface area contributed by atoms with Gasteiger partial charge in [-0.3, -0.25) is 19.3 Å². The van der Waals surface area contributed by atoms with Gasteiger partial charge in [-0.1, -0.05) is 5.16 Å². The molecule has 1 aromatic rings. The molecule has 2 saturated heterocycles. The standard InChI is InChI=1S/C17H17N5O7S2/c1-28-21-10(7-5-31-17(18)19-7)13(24)20-11-14(25)22-12(16(26)27)6(4-30-15(11)22)8-2-3-9(23)29-8/h5,8,11,15H,2-4H2,1H3,(H2,18,19)(H,20,24)(H,26,27)/b21-10-/t8?,11-,15-/m1/s1. The summed E-state index contributed by atoms with van der Waals surface area (Å²) in [5, 5.41) is 17.1. The van der Waals surface area contributed by atoms with E-state index in [1.165, 1.54) is 24.3 Å². The molecule has 4 N–H and O–H groups in total. The highest BCUT2D eigenvalue weighted by molar-refractivity contribution is 8.00. The van der Waals surface area contributed by atoms with Crippen molar-refractivity contribution in [2.75, 3.05) is 18.6 Å². The number of amides is 2. The fraction of sp³-hybridized carbons (Fsp3) is 0.412. The Morgan fingerprint density at radius 2 is 2.23 bits per heavy atom. The summed E-state index contributed by atoms with van der Waals surface area (Å²) in [7, 11) is 1.26. The summed E-state index contributed by atoms with van der Waals surface area (Å²) in [5.74, 6) is -2.73. The van der Waals surface area contributed by atoms with Crippen molar-refractivity contribution in [3.8, 4) is 0 Å². The summed E-state index contributed by atoms with van der Waals surface area (Å²) in [6, 6.07) is -0.961. The first kappa shape index (κ1) is 21.1. The van der Waals surface area contributed by atoms with Gasteiger partial charge in [-0.05, 0) is 6.42 Å². The van der Waals surface area contributed by atoms with Gasteiger partial charge in [-0.25, -0.2) is 9.78 Å². The Bertz CT molecular complexity index is 1040. The van der Waals surface area contributed by atoms with Crippen molar-refractivity contribution in [3.05, 3.63) is 22.3 Å². The topological polar surface area (TPSA) is 174 Å². The average molecular weight is 467 g/mol. The lowest BCUT2D eigenvalue weighted by Gasteiger charge is -2.49. The van der Waals surface area contributed by atoms with Crippen LogP contribution in [-0.4, -0.2) is 74.8 Å². The number of nitrogen functional groups attached to an aromatic ring is 1. The van der Waals surface area contributed by atoms with Gasteiger partial charge in [0.15, 0.2) is 10.8 Å².